The summed E-state index contributed by atoms with van der Waals surface area (Å²) in [5.74, 6) is 1.65. The minimum atomic E-state index is 0.128. The molecule has 7 nitrogen and oxygen atoms in total. The van der Waals surface area contributed by atoms with Gasteiger partial charge in [0.15, 0.2) is 5.82 Å². The Morgan fingerprint density at radius 3 is 2.58 bits per heavy atom. The normalized spacial score (nSPS) is 14.3. The van der Waals surface area contributed by atoms with Crippen molar-refractivity contribution in [2.45, 2.75) is 25.7 Å². The van der Waals surface area contributed by atoms with Gasteiger partial charge in [0.05, 0.1) is 0 Å². The summed E-state index contributed by atoms with van der Waals surface area (Å²) in [4.78, 5) is 20.6. The first kappa shape index (κ1) is 16.3. The molecule has 7 heteroatoms. The Balaban J connectivity index is 1.41. The van der Waals surface area contributed by atoms with E-state index in [1.807, 2.05) is 42.6 Å². The molecule has 1 aliphatic rings. The van der Waals surface area contributed by atoms with Crippen LogP contribution in [0.15, 0.2) is 55.1 Å². The van der Waals surface area contributed by atoms with Crippen LogP contribution in [-0.4, -0.2) is 25.7 Å². The van der Waals surface area contributed by atoms with Gasteiger partial charge in [-0.15, -0.1) is 0 Å². The summed E-state index contributed by atoms with van der Waals surface area (Å²) in [7, 11) is 0. The smallest absolute Gasteiger partial charge is 0.227 e. The minimum Gasteiger partial charge on any atom is -0.340 e. The average Bonchev–Trinajstić information content (AvgIpc) is 3.38. The molecule has 1 amide bonds. The van der Waals surface area contributed by atoms with Gasteiger partial charge in [0.1, 0.15) is 12.1 Å². The Morgan fingerprint density at radius 2 is 1.85 bits per heavy atom. The maximum absolute atomic E-state index is 12.2. The van der Waals surface area contributed by atoms with Crippen molar-refractivity contribution in [1.82, 2.24) is 19.7 Å². The third-order valence-electron chi connectivity index (χ3n) is 4.54. The van der Waals surface area contributed by atoms with Crippen molar-refractivity contribution in [3.05, 3.63) is 55.1 Å². The molecule has 3 aromatic rings. The molecule has 26 heavy (non-hydrogen) atoms. The highest BCUT2D eigenvalue weighted by Gasteiger charge is 2.22. The van der Waals surface area contributed by atoms with Crippen molar-refractivity contribution < 1.29 is 4.79 Å². The molecule has 1 aromatic carbocycles. The predicted octanol–water partition coefficient (Wildman–Crippen LogP) is 3.53. The molecule has 0 spiro atoms. The van der Waals surface area contributed by atoms with E-state index in [0.29, 0.717) is 11.6 Å². The van der Waals surface area contributed by atoms with Crippen LogP contribution in [0.3, 0.4) is 0 Å². The Bertz CT molecular complexity index is 869. The van der Waals surface area contributed by atoms with Crippen molar-refractivity contribution >= 4 is 23.1 Å². The second kappa shape index (κ2) is 7.35. The van der Waals surface area contributed by atoms with Gasteiger partial charge in [-0.3, -0.25) is 4.79 Å². The topological polar surface area (TPSA) is 84.7 Å². The van der Waals surface area contributed by atoms with Crippen LogP contribution in [0.4, 0.5) is 17.2 Å². The minimum absolute atomic E-state index is 0.128. The number of nitrogens with one attached hydrogen (secondary N) is 2. The van der Waals surface area contributed by atoms with E-state index in [0.717, 1.165) is 37.1 Å². The number of hydrogen-bond donors (Lipinski definition) is 2. The first-order chi connectivity index (χ1) is 12.8. The van der Waals surface area contributed by atoms with Gasteiger partial charge in [-0.1, -0.05) is 12.8 Å². The highest BCUT2D eigenvalue weighted by atomic mass is 16.1. The van der Waals surface area contributed by atoms with Gasteiger partial charge in [0.2, 0.25) is 5.91 Å². The van der Waals surface area contributed by atoms with Gasteiger partial charge < -0.3 is 10.6 Å². The van der Waals surface area contributed by atoms with E-state index in [1.54, 1.807) is 10.9 Å². The Hall–Kier alpha value is -3.22. The van der Waals surface area contributed by atoms with Crippen LogP contribution in [0.25, 0.3) is 5.82 Å². The van der Waals surface area contributed by atoms with Gasteiger partial charge in [-0.2, -0.15) is 5.10 Å². The van der Waals surface area contributed by atoms with E-state index in [4.69, 9.17) is 0 Å². The molecule has 1 fully saturated rings. The zero-order valence-corrected chi connectivity index (χ0v) is 14.3. The molecule has 2 heterocycles. The largest absolute Gasteiger partial charge is 0.340 e. The standard InChI is InChI=1S/C19H20N6O/c26-19(14-4-1-2-5-14)24-16-8-6-15(7-9-16)23-17-12-18(21-13-20-17)25-11-3-10-22-25/h3,6-14H,1-2,4-5H2,(H,24,26)(H,20,21,23). The molecule has 0 atom stereocenters. The van der Waals surface area contributed by atoms with Crippen molar-refractivity contribution in [2.24, 2.45) is 5.92 Å². The molecule has 2 N–H and O–H groups in total. The number of hydrogen-bond acceptors (Lipinski definition) is 5. The van der Waals surface area contributed by atoms with Crippen LogP contribution >= 0.6 is 0 Å². The average molecular weight is 348 g/mol. The first-order valence-electron chi connectivity index (χ1n) is 8.78. The molecule has 0 aliphatic heterocycles. The predicted molar refractivity (Wildman–Crippen MR) is 99.5 cm³/mol. The second-order valence-corrected chi connectivity index (χ2v) is 6.39. The third kappa shape index (κ3) is 3.72. The van der Waals surface area contributed by atoms with Crippen LogP contribution in [0.2, 0.25) is 0 Å². The molecule has 1 saturated carbocycles. The lowest BCUT2D eigenvalue weighted by atomic mass is 10.1. The fourth-order valence-corrected chi connectivity index (χ4v) is 3.16. The molecule has 4 rings (SSSR count). The fraction of sp³-hybridized carbons (Fsp3) is 0.263. The summed E-state index contributed by atoms with van der Waals surface area (Å²) in [6.45, 7) is 0. The van der Waals surface area contributed by atoms with E-state index in [1.165, 1.54) is 6.33 Å². The summed E-state index contributed by atoms with van der Waals surface area (Å²) < 4.78 is 1.68. The lowest BCUT2D eigenvalue weighted by Gasteiger charge is -2.11. The maximum atomic E-state index is 12.2. The number of nitrogens with zero attached hydrogens (tertiary/aromatic N) is 4. The molecule has 0 unspecified atom stereocenters. The number of amides is 1. The van der Waals surface area contributed by atoms with Crippen LogP contribution in [0.5, 0.6) is 0 Å². The first-order valence-corrected chi connectivity index (χ1v) is 8.78. The van der Waals surface area contributed by atoms with Gasteiger partial charge in [0.25, 0.3) is 0 Å². The zero-order chi connectivity index (χ0) is 17.8. The number of rotatable bonds is 5. The maximum Gasteiger partial charge on any atom is 0.227 e. The highest BCUT2D eigenvalue weighted by Crippen LogP contribution is 2.26. The third-order valence-corrected chi connectivity index (χ3v) is 4.54. The van der Waals surface area contributed by atoms with E-state index < -0.39 is 0 Å². The van der Waals surface area contributed by atoms with Crippen LogP contribution < -0.4 is 10.6 Å². The van der Waals surface area contributed by atoms with E-state index in [9.17, 15) is 4.79 Å². The molecule has 1 aliphatic carbocycles. The highest BCUT2D eigenvalue weighted by molar-refractivity contribution is 5.92. The lowest BCUT2D eigenvalue weighted by molar-refractivity contribution is -0.119. The molecule has 2 aromatic heterocycles. The van der Waals surface area contributed by atoms with E-state index >= 15 is 0 Å². The van der Waals surface area contributed by atoms with Crippen molar-refractivity contribution in [1.29, 1.82) is 0 Å². The molecule has 0 saturated heterocycles. The van der Waals surface area contributed by atoms with Crippen molar-refractivity contribution in [3.8, 4) is 5.82 Å². The van der Waals surface area contributed by atoms with Gasteiger partial charge in [-0.05, 0) is 43.2 Å². The van der Waals surface area contributed by atoms with Crippen molar-refractivity contribution in [2.75, 3.05) is 10.6 Å². The van der Waals surface area contributed by atoms with Crippen molar-refractivity contribution in [3.63, 3.8) is 0 Å². The SMILES string of the molecule is O=C(Nc1ccc(Nc2cc(-n3cccn3)ncn2)cc1)C1CCCC1. The van der Waals surface area contributed by atoms with Crippen LogP contribution in [0, 0.1) is 5.92 Å². The molecular weight excluding hydrogens is 328 g/mol. The zero-order valence-electron chi connectivity index (χ0n) is 14.3. The number of aromatic nitrogens is 4. The quantitative estimate of drug-likeness (QED) is 0.737. The van der Waals surface area contributed by atoms with E-state index in [-0.39, 0.29) is 11.8 Å². The Kier molecular flexibility index (Phi) is 4.59. The Morgan fingerprint density at radius 1 is 1.08 bits per heavy atom. The Labute approximate surface area is 151 Å². The molecule has 0 bridgehead atoms. The summed E-state index contributed by atoms with van der Waals surface area (Å²) in [6.07, 6.45) is 9.33. The van der Waals surface area contributed by atoms with E-state index in [2.05, 4.69) is 25.7 Å². The summed E-state index contributed by atoms with van der Waals surface area (Å²) in [5, 5.41) is 10.4. The summed E-state index contributed by atoms with van der Waals surface area (Å²) in [5.41, 5.74) is 1.70. The molecular formula is C19H20N6O. The molecule has 132 valence electrons. The van der Waals surface area contributed by atoms with Gasteiger partial charge in [-0.25, -0.2) is 14.6 Å². The lowest BCUT2D eigenvalue weighted by Crippen LogP contribution is -2.20. The van der Waals surface area contributed by atoms with Gasteiger partial charge >= 0.3 is 0 Å². The number of carbonyl (C=O) groups is 1. The number of carbonyl (C=O) groups excluding carboxylic acids is 1. The second-order valence-electron chi connectivity index (χ2n) is 6.39. The monoisotopic (exact) mass is 348 g/mol. The summed E-state index contributed by atoms with van der Waals surface area (Å²) in [6, 6.07) is 11.3. The summed E-state index contributed by atoms with van der Waals surface area (Å²) >= 11 is 0. The fourth-order valence-electron chi connectivity index (χ4n) is 3.16. The van der Waals surface area contributed by atoms with Gasteiger partial charge in [0, 0.05) is 35.8 Å². The number of anilines is 3. The number of benzene rings is 1. The molecule has 0 radical (unpaired) electrons. The van der Waals surface area contributed by atoms with Crippen LogP contribution in [0.1, 0.15) is 25.7 Å². The van der Waals surface area contributed by atoms with Crippen LogP contribution in [-0.2, 0) is 4.79 Å².